The van der Waals surface area contributed by atoms with Crippen LogP contribution in [0.15, 0.2) is 60.4 Å². The number of methoxy groups -OCH3 is 1. The fourth-order valence-electron chi connectivity index (χ4n) is 3.30. The van der Waals surface area contributed by atoms with Gasteiger partial charge in [0.1, 0.15) is 11.9 Å². The van der Waals surface area contributed by atoms with E-state index in [9.17, 15) is 4.39 Å². The Kier molecular flexibility index (Phi) is 3.92. The van der Waals surface area contributed by atoms with Crippen molar-refractivity contribution in [2.75, 3.05) is 13.7 Å². The van der Waals surface area contributed by atoms with Gasteiger partial charge in [0.05, 0.1) is 13.2 Å². The molecule has 0 saturated heterocycles. The molecule has 4 heteroatoms. The molecular weight excluding hydrogens is 305 g/mol. The molecule has 1 aliphatic carbocycles. The third-order valence-corrected chi connectivity index (χ3v) is 4.38. The van der Waals surface area contributed by atoms with E-state index >= 15 is 0 Å². The first-order chi connectivity index (χ1) is 11.8. The van der Waals surface area contributed by atoms with Crippen molar-refractivity contribution < 1.29 is 14.0 Å². The monoisotopic (exact) mass is 323 g/mol. The predicted octanol–water partition coefficient (Wildman–Crippen LogP) is 2.58. The predicted molar refractivity (Wildman–Crippen MR) is 90.4 cm³/mol. The quantitative estimate of drug-likeness (QED) is 0.863. The van der Waals surface area contributed by atoms with E-state index in [1.165, 1.54) is 7.11 Å². The van der Waals surface area contributed by atoms with Gasteiger partial charge in [-0.15, -0.1) is 0 Å². The van der Waals surface area contributed by atoms with Crippen LogP contribution in [0.25, 0.3) is 11.8 Å². The lowest BCUT2D eigenvalue weighted by Gasteiger charge is -2.28. The summed E-state index contributed by atoms with van der Waals surface area (Å²) >= 11 is 0. The zero-order valence-corrected chi connectivity index (χ0v) is 13.4. The topological polar surface area (TPSA) is 21.7 Å². The van der Waals surface area contributed by atoms with Crippen LogP contribution in [0.5, 0.6) is 0 Å². The molecular formula is C20H18FNO2. The molecule has 1 heterocycles. The number of nitrogens with zero attached hydrogens (tertiary/aromatic N) is 1. The Morgan fingerprint density at radius 1 is 1.12 bits per heavy atom. The zero-order valence-electron chi connectivity index (χ0n) is 13.4. The number of rotatable bonds is 4. The molecule has 4 rings (SSSR count). The summed E-state index contributed by atoms with van der Waals surface area (Å²) in [5, 5.41) is 3.85. The Bertz CT molecular complexity index is 905. The maximum Gasteiger partial charge on any atom is 0.134 e. The maximum atomic E-state index is 14.3. The molecule has 2 aromatic rings. The van der Waals surface area contributed by atoms with E-state index in [4.69, 9.17) is 9.57 Å². The third-order valence-electron chi connectivity index (χ3n) is 4.38. The van der Waals surface area contributed by atoms with Crippen molar-refractivity contribution in [2.24, 2.45) is 0 Å². The Labute approximate surface area is 139 Å². The second-order valence-electron chi connectivity index (χ2n) is 5.95. The van der Waals surface area contributed by atoms with Crippen molar-refractivity contribution in [2.45, 2.75) is 12.7 Å². The lowest BCUT2D eigenvalue weighted by molar-refractivity contribution is -0.107. The van der Waals surface area contributed by atoms with E-state index in [1.807, 2.05) is 54.7 Å². The minimum Gasteiger partial charge on any atom is -0.370 e. The van der Waals surface area contributed by atoms with Gasteiger partial charge in [-0.3, -0.25) is 9.90 Å². The average Bonchev–Trinajstić information content (AvgIpc) is 2.61. The van der Waals surface area contributed by atoms with Gasteiger partial charge < -0.3 is 4.74 Å². The van der Waals surface area contributed by atoms with Gasteiger partial charge in [0.2, 0.25) is 0 Å². The van der Waals surface area contributed by atoms with E-state index in [-0.39, 0.29) is 5.83 Å². The highest BCUT2D eigenvalue weighted by Crippen LogP contribution is 2.29. The fraction of sp³-hybridized carbons (Fsp3) is 0.200. The van der Waals surface area contributed by atoms with Crippen molar-refractivity contribution in [1.29, 1.82) is 0 Å². The molecule has 0 aromatic heterocycles. The number of ether oxygens (including phenoxy) is 1. The third kappa shape index (κ3) is 2.64. The Hall–Kier alpha value is -2.43. The van der Waals surface area contributed by atoms with Crippen molar-refractivity contribution in [3.63, 3.8) is 0 Å². The number of hydroxylamine groups is 2. The summed E-state index contributed by atoms with van der Waals surface area (Å²) in [7, 11) is 1.53. The van der Waals surface area contributed by atoms with Crippen LogP contribution in [0.1, 0.15) is 17.2 Å². The van der Waals surface area contributed by atoms with Crippen LogP contribution in [0.2, 0.25) is 0 Å². The van der Waals surface area contributed by atoms with E-state index in [1.54, 1.807) is 11.1 Å². The van der Waals surface area contributed by atoms with Gasteiger partial charge in [0.25, 0.3) is 0 Å². The zero-order chi connectivity index (χ0) is 16.5. The smallest absolute Gasteiger partial charge is 0.134 e. The Morgan fingerprint density at radius 2 is 1.96 bits per heavy atom. The van der Waals surface area contributed by atoms with Gasteiger partial charge in [-0.05, 0) is 28.0 Å². The molecule has 0 saturated carbocycles. The van der Waals surface area contributed by atoms with Crippen molar-refractivity contribution in [1.82, 2.24) is 5.06 Å². The molecule has 0 spiro atoms. The summed E-state index contributed by atoms with van der Waals surface area (Å²) in [6, 6.07) is 15.9. The molecule has 24 heavy (non-hydrogen) atoms. The molecule has 0 fully saturated rings. The lowest BCUT2D eigenvalue weighted by Crippen LogP contribution is -2.42. The number of halogens is 1. The lowest BCUT2D eigenvalue weighted by atomic mass is 9.93. The number of hydrogen-bond acceptors (Lipinski definition) is 3. The molecule has 1 atom stereocenters. The molecule has 0 N–H and O–H groups in total. The van der Waals surface area contributed by atoms with Crippen molar-refractivity contribution >= 4 is 11.8 Å². The van der Waals surface area contributed by atoms with Crippen molar-refractivity contribution in [3.05, 3.63) is 82.0 Å². The first kappa shape index (κ1) is 15.1. The summed E-state index contributed by atoms with van der Waals surface area (Å²) in [5.41, 5.74) is 2.89. The van der Waals surface area contributed by atoms with E-state index in [2.05, 4.69) is 0 Å². The van der Waals surface area contributed by atoms with Gasteiger partial charge in [0.15, 0.2) is 0 Å². The fourth-order valence-corrected chi connectivity index (χ4v) is 3.30. The highest BCUT2D eigenvalue weighted by Gasteiger charge is 2.25. The van der Waals surface area contributed by atoms with Crippen LogP contribution in [0, 0.1) is 0 Å². The average molecular weight is 323 g/mol. The molecule has 2 aliphatic rings. The highest BCUT2D eigenvalue weighted by atomic mass is 19.1. The summed E-state index contributed by atoms with van der Waals surface area (Å²) in [6.45, 7) is 0.993. The minimum absolute atomic E-state index is 0.262. The van der Waals surface area contributed by atoms with Gasteiger partial charge in [-0.2, -0.15) is 0 Å². The van der Waals surface area contributed by atoms with Crippen LogP contribution >= 0.6 is 0 Å². The normalized spacial score (nSPS) is 18.8. The largest absolute Gasteiger partial charge is 0.370 e. The van der Waals surface area contributed by atoms with Crippen molar-refractivity contribution in [3.8, 4) is 0 Å². The van der Waals surface area contributed by atoms with Gasteiger partial charge in [0, 0.05) is 18.5 Å². The Balaban J connectivity index is 1.67. The van der Waals surface area contributed by atoms with Gasteiger partial charge >= 0.3 is 0 Å². The molecule has 1 aliphatic heterocycles. The summed E-state index contributed by atoms with van der Waals surface area (Å²) in [6.07, 6.45) is 2.93. The van der Waals surface area contributed by atoms with E-state index in [0.29, 0.717) is 13.2 Å². The summed E-state index contributed by atoms with van der Waals surface area (Å²) in [4.78, 5) is 5.88. The number of benzene rings is 2. The SMILES string of the molecule is COC1C(F)=CC2=c3c1cccc3=CN(OCc1ccccc1)C2. The van der Waals surface area contributed by atoms with Crippen LogP contribution in [0.3, 0.4) is 0 Å². The standard InChI is InChI=1S/C20H18FNO2/c1-23-20-17-9-5-8-15-11-22(12-16(19(15)17)10-18(20)21)24-13-14-6-3-2-4-7-14/h2-11,20H,12-13H2,1H3. The molecule has 0 amide bonds. The number of hydrogen-bond donors (Lipinski definition) is 0. The second-order valence-corrected chi connectivity index (χ2v) is 5.95. The van der Waals surface area contributed by atoms with Crippen LogP contribution < -0.4 is 10.4 Å². The second kappa shape index (κ2) is 6.23. The molecule has 3 nitrogen and oxygen atoms in total. The van der Waals surface area contributed by atoms with Gasteiger partial charge in [-0.1, -0.05) is 48.5 Å². The maximum absolute atomic E-state index is 14.3. The van der Waals surface area contributed by atoms with E-state index in [0.717, 1.165) is 27.1 Å². The summed E-state index contributed by atoms with van der Waals surface area (Å²) < 4.78 is 19.7. The molecule has 2 aromatic carbocycles. The summed E-state index contributed by atoms with van der Waals surface area (Å²) in [5.74, 6) is -0.262. The Morgan fingerprint density at radius 3 is 2.75 bits per heavy atom. The molecule has 0 radical (unpaired) electrons. The molecule has 122 valence electrons. The van der Waals surface area contributed by atoms with Crippen LogP contribution in [0.4, 0.5) is 4.39 Å². The van der Waals surface area contributed by atoms with E-state index < -0.39 is 6.10 Å². The first-order valence-electron chi connectivity index (χ1n) is 7.93. The first-order valence-corrected chi connectivity index (χ1v) is 7.93. The van der Waals surface area contributed by atoms with Gasteiger partial charge in [-0.25, -0.2) is 4.39 Å². The van der Waals surface area contributed by atoms with Crippen LogP contribution in [-0.4, -0.2) is 18.7 Å². The molecule has 0 bridgehead atoms. The molecule has 1 unspecified atom stereocenters. The van der Waals surface area contributed by atoms with Crippen LogP contribution in [-0.2, 0) is 16.2 Å². The highest BCUT2D eigenvalue weighted by molar-refractivity contribution is 5.66. The minimum atomic E-state index is -0.617.